The van der Waals surface area contributed by atoms with E-state index in [-0.39, 0.29) is 0 Å². The Morgan fingerprint density at radius 1 is 1.20 bits per heavy atom. The number of ether oxygens (including phenoxy) is 1. The lowest BCUT2D eigenvalue weighted by Crippen LogP contribution is -2.04. The van der Waals surface area contributed by atoms with Crippen molar-refractivity contribution in [2.75, 3.05) is 12.3 Å². The number of anilines is 1. The summed E-state index contributed by atoms with van der Waals surface area (Å²) in [5.41, 5.74) is 8.89. The summed E-state index contributed by atoms with van der Waals surface area (Å²) in [5, 5.41) is 0. The van der Waals surface area contributed by atoms with Gasteiger partial charge in [-0.2, -0.15) is 0 Å². The average molecular weight is 271 g/mol. The van der Waals surface area contributed by atoms with Gasteiger partial charge in [0.25, 0.3) is 0 Å². The van der Waals surface area contributed by atoms with E-state index < -0.39 is 0 Å². The molecule has 106 valence electrons. The van der Waals surface area contributed by atoms with E-state index in [1.165, 1.54) is 0 Å². The van der Waals surface area contributed by atoms with Gasteiger partial charge in [-0.15, -0.1) is 0 Å². The van der Waals surface area contributed by atoms with Crippen molar-refractivity contribution in [1.29, 1.82) is 0 Å². The molecule has 2 N–H and O–H groups in total. The maximum Gasteiger partial charge on any atom is 0.161 e. The smallest absolute Gasteiger partial charge is 0.161 e. The minimum Gasteiger partial charge on any atom is -0.494 e. The largest absolute Gasteiger partial charge is 0.494 e. The molecule has 0 aliphatic heterocycles. The first kappa shape index (κ1) is 14.3. The number of nitrogen functional groups attached to an aromatic ring is 1. The first-order valence-electron chi connectivity index (χ1n) is 7.02. The van der Waals surface area contributed by atoms with E-state index in [0.29, 0.717) is 18.2 Å². The Morgan fingerprint density at radius 2 is 2.00 bits per heavy atom. The molecule has 4 nitrogen and oxygen atoms in total. The monoisotopic (exact) mass is 271 g/mol. The van der Waals surface area contributed by atoms with Crippen LogP contribution < -0.4 is 10.5 Å². The van der Waals surface area contributed by atoms with Crippen molar-refractivity contribution in [3.05, 3.63) is 35.5 Å². The Balaban J connectivity index is 2.36. The fourth-order valence-electron chi connectivity index (χ4n) is 2.13. The minimum absolute atomic E-state index is 0.565. The van der Waals surface area contributed by atoms with Crippen molar-refractivity contribution < 1.29 is 4.74 Å². The summed E-state index contributed by atoms with van der Waals surface area (Å²) in [7, 11) is 0. The van der Waals surface area contributed by atoms with Gasteiger partial charge in [0, 0.05) is 16.8 Å². The Morgan fingerprint density at radius 3 is 2.65 bits per heavy atom. The molecule has 0 amide bonds. The zero-order valence-corrected chi connectivity index (χ0v) is 12.3. The second-order valence-corrected chi connectivity index (χ2v) is 4.73. The molecule has 1 heterocycles. The molecule has 0 aliphatic rings. The number of nitrogens with zero attached hydrogens (tertiary/aromatic N) is 2. The van der Waals surface area contributed by atoms with E-state index in [2.05, 4.69) is 23.8 Å². The standard InChI is InChI=1S/C16H21N3O/c1-4-9-20-13-8-6-7-12(10-13)16-18-11(3)14(5-2)15(17)19-16/h6-8,10H,4-5,9H2,1-3H3,(H2,17,18,19). The Hall–Kier alpha value is -2.10. The highest BCUT2D eigenvalue weighted by Crippen LogP contribution is 2.24. The Labute approximate surface area is 120 Å². The Bertz CT molecular complexity index is 573. The van der Waals surface area contributed by atoms with E-state index in [9.17, 15) is 0 Å². The molecule has 0 fully saturated rings. The molecule has 1 aromatic heterocycles. The van der Waals surface area contributed by atoms with Crippen molar-refractivity contribution in [2.45, 2.75) is 33.6 Å². The zero-order valence-electron chi connectivity index (χ0n) is 12.3. The molecule has 0 saturated carbocycles. The van der Waals surface area contributed by atoms with Crippen molar-refractivity contribution in [3.63, 3.8) is 0 Å². The van der Waals surface area contributed by atoms with Crippen molar-refractivity contribution in [1.82, 2.24) is 9.97 Å². The van der Waals surface area contributed by atoms with Gasteiger partial charge in [-0.3, -0.25) is 0 Å². The van der Waals surface area contributed by atoms with Crippen LogP contribution in [0.5, 0.6) is 5.75 Å². The van der Waals surface area contributed by atoms with Gasteiger partial charge < -0.3 is 10.5 Å². The van der Waals surface area contributed by atoms with Gasteiger partial charge in [0.15, 0.2) is 5.82 Å². The molecule has 0 saturated heterocycles. The SMILES string of the molecule is CCCOc1cccc(-c2nc(C)c(CC)c(N)n2)c1. The molecule has 0 atom stereocenters. The molecule has 20 heavy (non-hydrogen) atoms. The van der Waals surface area contributed by atoms with Crippen LogP contribution in [0.1, 0.15) is 31.5 Å². The van der Waals surface area contributed by atoms with Gasteiger partial charge in [0.05, 0.1) is 6.61 Å². The fourth-order valence-corrected chi connectivity index (χ4v) is 2.13. The molecule has 1 aromatic carbocycles. The topological polar surface area (TPSA) is 61.0 Å². The average Bonchev–Trinajstić information content (AvgIpc) is 2.45. The summed E-state index contributed by atoms with van der Waals surface area (Å²) in [6.45, 7) is 6.82. The number of rotatable bonds is 5. The van der Waals surface area contributed by atoms with Gasteiger partial charge in [-0.1, -0.05) is 26.0 Å². The number of aryl methyl sites for hydroxylation is 1. The molecule has 0 unspecified atom stereocenters. The van der Waals surface area contributed by atoms with Crippen LogP contribution in [-0.2, 0) is 6.42 Å². The number of hydrogen-bond donors (Lipinski definition) is 1. The molecule has 0 aliphatic carbocycles. The van der Waals surface area contributed by atoms with Gasteiger partial charge in [-0.25, -0.2) is 9.97 Å². The lowest BCUT2D eigenvalue weighted by atomic mass is 10.1. The zero-order chi connectivity index (χ0) is 14.5. The summed E-state index contributed by atoms with van der Waals surface area (Å²) in [4.78, 5) is 8.96. The second-order valence-electron chi connectivity index (χ2n) is 4.73. The molecule has 0 radical (unpaired) electrons. The second kappa shape index (κ2) is 6.37. The predicted octanol–water partition coefficient (Wildman–Crippen LogP) is 3.39. The molecule has 2 rings (SSSR count). The van der Waals surface area contributed by atoms with Crippen LogP contribution in [0.3, 0.4) is 0 Å². The van der Waals surface area contributed by atoms with Gasteiger partial charge in [0.1, 0.15) is 11.6 Å². The number of hydrogen-bond acceptors (Lipinski definition) is 4. The van der Waals surface area contributed by atoms with Gasteiger partial charge >= 0.3 is 0 Å². The van der Waals surface area contributed by atoms with Crippen LogP contribution in [0.4, 0.5) is 5.82 Å². The molecular weight excluding hydrogens is 250 g/mol. The molecule has 4 heteroatoms. The van der Waals surface area contributed by atoms with E-state index in [4.69, 9.17) is 10.5 Å². The highest BCUT2D eigenvalue weighted by molar-refractivity contribution is 5.60. The summed E-state index contributed by atoms with van der Waals surface area (Å²) in [6, 6.07) is 7.81. The first-order valence-corrected chi connectivity index (χ1v) is 7.02. The normalized spacial score (nSPS) is 10.6. The minimum atomic E-state index is 0.565. The van der Waals surface area contributed by atoms with Crippen LogP contribution in [0.25, 0.3) is 11.4 Å². The third-order valence-electron chi connectivity index (χ3n) is 3.16. The van der Waals surface area contributed by atoms with Crippen LogP contribution in [0.15, 0.2) is 24.3 Å². The van der Waals surface area contributed by atoms with E-state index >= 15 is 0 Å². The van der Waals surface area contributed by atoms with Crippen molar-refractivity contribution >= 4 is 5.82 Å². The van der Waals surface area contributed by atoms with Crippen molar-refractivity contribution in [2.24, 2.45) is 0 Å². The summed E-state index contributed by atoms with van der Waals surface area (Å²) in [5.74, 6) is 2.05. The Kier molecular flexibility index (Phi) is 4.56. The van der Waals surface area contributed by atoms with Crippen LogP contribution >= 0.6 is 0 Å². The quantitative estimate of drug-likeness (QED) is 0.905. The third kappa shape index (κ3) is 3.07. The first-order chi connectivity index (χ1) is 9.65. The highest BCUT2D eigenvalue weighted by atomic mass is 16.5. The highest BCUT2D eigenvalue weighted by Gasteiger charge is 2.09. The van der Waals surface area contributed by atoms with Gasteiger partial charge in [-0.05, 0) is 31.9 Å². The molecule has 0 bridgehead atoms. The number of aromatic nitrogens is 2. The fraction of sp³-hybridized carbons (Fsp3) is 0.375. The number of benzene rings is 1. The number of nitrogens with two attached hydrogens (primary N) is 1. The summed E-state index contributed by atoms with van der Waals surface area (Å²) < 4.78 is 5.64. The van der Waals surface area contributed by atoms with Crippen molar-refractivity contribution in [3.8, 4) is 17.1 Å². The maximum atomic E-state index is 6.01. The predicted molar refractivity (Wildman–Crippen MR) is 81.8 cm³/mol. The molecule has 2 aromatic rings. The summed E-state index contributed by atoms with van der Waals surface area (Å²) >= 11 is 0. The maximum absolute atomic E-state index is 6.01. The summed E-state index contributed by atoms with van der Waals surface area (Å²) in [6.07, 6.45) is 1.83. The molecular formula is C16H21N3O. The van der Waals surface area contributed by atoms with E-state index in [0.717, 1.165) is 35.4 Å². The lowest BCUT2D eigenvalue weighted by Gasteiger charge is -2.10. The lowest BCUT2D eigenvalue weighted by molar-refractivity contribution is 0.317. The van der Waals surface area contributed by atoms with Crippen LogP contribution in [-0.4, -0.2) is 16.6 Å². The van der Waals surface area contributed by atoms with Crippen LogP contribution in [0, 0.1) is 6.92 Å². The third-order valence-corrected chi connectivity index (χ3v) is 3.16. The van der Waals surface area contributed by atoms with E-state index in [1.807, 2.05) is 31.2 Å². The van der Waals surface area contributed by atoms with E-state index in [1.54, 1.807) is 0 Å². The van der Waals surface area contributed by atoms with Gasteiger partial charge in [0.2, 0.25) is 0 Å². The molecule has 0 spiro atoms. The van der Waals surface area contributed by atoms with Crippen LogP contribution in [0.2, 0.25) is 0 Å².